The predicted molar refractivity (Wildman–Crippen MR) is 105 cm³/mol. The van der Waals surface area contributed by atoms with Crippen molar-refractivity contribution in [3.63, 3.8) is 0 Å². The minimum atomic E-state index is -0.534. The van der Waals surface area contributed by atoms with Gasteiger partial charge in [0.1, 0.15) is 6.04 Å². The fraction of sp³-hybridized carbons (Fsp3) is 0.333. The molecular formula is C21H25ClN2O2. The summed E-state index contributed by atoms with van der Waals surface area (Å²) in [6.07, 6.45) is 0.872. The van der Waals surface area contributed by atoms with Gasteiger partial charge in [-0.15, -0.1) is 0 Å². The molecule has 1 atom stereocenters. The average molecular weight is 373 g/mol. The Labute approximate surface area is 160 Å². The van der Waals surface area contributed by atoms with Crippen molar-refractivity contribution in [2.45, 2.75) is 32.7 Å². The number of benzene rings is 2. The highest BCUT2D eigenvalue weighted by Crippen LogP contribution is 2.17. The second-order valence-electron chi connectivity index (χ2n) is 6.16. The number of carbonyl (C=O) groups is 2. The smallest absolute Gasteiger partial charge is 0.242 e. The number of rotatable bonds is 8. The van der Waals surface area contributed by atoms with Crippen LogP contribution in [0.15, 0.2) is 54.6 Å². The van der Waals surface area contributed by atoms with Crippen LogP contribution in [0, 0.1) is 0 Å². The van der Waals surface area contributed by atoms with Crippen molar-refractivity contribution in [2.75, 3.05) is 13.1 Å². The number of likely N-dealkylation sites (N-methyl/N-ethyl adjacent to an activating group) is 1. The molecule has 2 amide bonds. The first-order chi connectivity index (χ1) is 12.5. The molecule has 0 fully saturated rings. The normalized spacial score (nSPS) is 11.7. The molecule has 0 radical (unpaired) electrons. The summed E-state index contributed by atoms with van der Waals surface area (Å²) in [6, 6.07) is 16.7. The molecule has 0 saturated heterocycles. The molecule has 2 rings (SSSR count). The van der Waals surface area contributed by atoms with Gasteiger partial charge in [0.05, 0.1) is 6.42 Å². The summed E-state index contributed by atoms with van der Waals surface area (Å²) in [5.41, 5.74) is 1.90. The average Bonchev–Trinajstić information content (AvgIpc) is 2.64. The van der Waals surface area contributed by atoms with E-state index in [4.69, 9.17) is 11.6 Å². The molecule has 0 aliphatic heterocycles. The molecule has 4 nitrogen and oxygen atoms in total. The van der Waals surface area contributed by atoms with Gasteiger partial charge in [-0.25, -0.2) is 0 Å². The molecule has 0 aromatic heterocycles. The summed E-state index contributed by atoms with van der Waals surface area (Å²) in [7, 11) is 0. The van der Waals surface area contributed by atoms with Gasteiger partial charge < -0.3 is 10.2 Å². The van der Waals surface area contributed by atoms with E-state index in [9.17, 15) is 9.59 Å². The molecule has 2 aromatic carbocycles. The van der Waals surface area contributed by atoms with Gasteiger partial charge in [0.2, 0.25) is 11.8 Å². The van der Waals surface area contributed by atoms with Crippen molar-refractivity contribution < 1.29 is 9.59 Å². The number of nitrogens with one attached hydrogen (secondary N) is 1. The predicted octanol–water partition coefficient (Wildman–Crippen LogP) is 3.48. The Bertz CT molecular complexity index is 734. The highest BCUT2D eigenvalue weighted by Gasteiger charge is 2.25. The summed E-state index contributed by atoms with van der Waals surface area (Å²) in [5, 5.41) is 3.36. The zero-order valence-electron chi connectivity index (χ0n) is 15.2. The van der Waals surface area contributed by atoms with Crippen molar-refractivity contribution in [2.24, 2.45) is 0 Å². The van der Waals surface area contributed by atoms with E-state index >= 15 is 0 Å². The molecule has 5 heteroatoms. The second-order valence-corrected chi connectivity index (χ2v) is 6.57. The molecule has 0 aliphatic carbocycles. The van der Waals surface area contributed by atoms with E-state index < -0.39 is 6.04 Å². The van der Waals surface area contributed by atoms with E-state index in [0.717, 1.165) is 11.1 Å². The summed E-state index contributed by atoms with van der Waals surface area (Å²) < 4.78 is 0. The minimum absolute atomic E-state index is 0.104. The van der Waals surface area contributed by atoms with Gasteiger partial charge in [-0.1, -0.05) is 60.1 Å². The Balaban J connectivity index is 2.14. The summed E-state index contributed by atoms with van der Waals surface area (Å²) in [4.78, 5) is 26.9. The first-order valence-electron chi connectivity index (χ1n) is 8.87. The maximum Gasteiger partial charge on any atom is 0.242 e. The third-order valence-electron chi connectivity index (χ3n) is 4.30. The quantitative estimate of drug-likeness (QED) is 0.771. The van der Waals surface area contributed by atoms with Gasteiger partial charge in [0, 0.05) is 18.1 Å². The summed E-state index contributed by atoms with van der Waals surface area (Å²) in [5.74, 6) is -0.249. The van der Waals surface area contributed by atoms with E-state index in [1.165, 1.54) is 0 Å². The first-order valence-corrected chi connectivity index (χ1v) is 9.25. The minimum Gasteiger partial charge on any atom is -0.355 e. The number of hydrogen-bond donors (Lipinski definition) is 1. The van der Waals surface area contributed by atoms with E-state index in [0.29, 0.717) is 24.5 Å². The Kier molecular flexibility index (Phi) is 7.67. The van der Waals surface area contributed by atoms with Gasteiger partial charge in [-0.3, -0.25) is 9.59 Å². The third-order valence-corrected chi connectivity index (χ3v) is 4.67. The molecule has 1 unspecified atom stereocenters. The fourth-order valence-corrected chi connectivity index (χ4v) is 3.00. The largest absolute Gasteiger partial charge is 0.355 e. The van der Waals surface area contributed by atoms with Crippen molar-refractivity contribution in [1.29, 1.82) is 0 Å². The van der Waals surface area contributed by atoms with Crippen LogP contribution in [0.1, 0.15) is 25.0 Å². The lowest BCUT2D eigenvalue weighted by Gasteiger charge is -2.29. The van der Waals surface area contributed by atoms with Gasteiger partial charge >= 0.3 is 0 Å². The summed E-state index contributed by atoms with van der Waals surface area (Å²) >= 11 is 6.19. The van der Waals surface area contributed by atoms with Gasteiger partial charge in [-0.2, -0.15) is 0 Å². The molecule has 2 aromatic rings. The van der Waals surface area contributed by atoms with Gasteiger partial charge in [-0.05, 0) is 37.5 Å². The number of amides is 2. The second kappa shape index (κ2) is 9.97. The molecule has 0 bridgehead atoms. The lowest BCUT2D eigenvalue weighted by molar-refractivity contribution is -0.139. The number of hydrogen-bond acceptors (Lipinski definition) is 2. The number of halogens is 1. The van der Waals surface area contributed by atoms with Crippen LogP contribution < -0.4 is 5.32 Å². The van der Waals surface area contributed by atoms with Crippen LogP contribution in [0.2, 0.25) is 5.02 Å². The summed E-state index contributed by atoms with van der Waals surface area (Å²) in [6.45, 7) is 4.64. The Hall–Kier alpha value is -2.33. The zero-order valence-corrected chi connectivity index (χ0v) is 16.0. The molecule has 0 heterocycles. The van der Waals surface area contributed by atoms with Crippen molar-refractivity contribution in [1.82, 2.24) is 10.2 Å². The van der Waals surface area contributed by atoms with Crippen LogP contribution in [-0.4, -0.2) is 35.8 Å². The molecule has 0 spiro atoms. The van der Waals surface area contributed by atoms with Crippen LogP contribution in [0.25, 0.3) is 0 Å². The lowest BCUT2D eigenvalue weighted by Crippen LogP contribution is -2.49. The van der Waals surface area contributed by atoms with Gasteiger partial charge in [0.25, 0.3) is 0 Å². The Morgan fingerprint density at radius 1 is 1.08 bits per heavy atom. The third kappa shape index (κ3) is 5.60. The molecular weight excluding hydrogens is 348 g/mol. The van der Waals surface area contributed by atoms with Crippen molar-refractivity contribution in [3.05, 3.63) is 70.7 Å². The number of carbonyl (C=O) groups excluding carboxylic acids is 2. The standard InChI is InChI=1S/C21H25ClN2O2/c1-3-23-21(26)16(2)24(14-13-17-9-5-4-6-10-17)20(25)15-18-11-7-8-12-19(18)22/h4-12,16H,3,13-15H2,1-2H3,(H,23,26). The Morgan fingerprint density at radius 3 is 2.38 bits per heavy atom. The number of nitrogens with zero attached hydrogens (tertiary/aromatic N) is 1. The SMILES string of the molecule is CCNC(=O)C(C)N(CCc1ccccc1)C(=O)Cc1ccccc1Cl. The highest BCUT2D eigenvalue weighted by molar-refractivity contribution is 6.31. The molecule has 0 saturated carbocycles. The topological polar surface area (TPSA) is 49.4 Å². The maximum atomic E-state index is 12.9. The van der Waals surface area contributed by atoms with Crippen LogP contribution in [0.5, 0.6) is 0 Å². The van der Waals surface area contributed by atoms with Crippen molar-refractivity contribution >= 4 is 23.4 Å². The van der Waals surface area contributed by atoms with E-state index in [1.54, 1.807) is 17.9 Å². The van der Waals surface area contributed by atoms with Crippen LogP contribution in [-0.2, 0) is 22.4 Å². The van der Waals surface area contributed by atoms with Crippen LogP contribution in [0.3, 0.4) is 0 Å². The molecule has 26 heavy (non-hydrogen) atoms. The molecule has 0 aliphatic rings. The highest BCUT2D eigenvalue weighted by atomic mass is 35.5. The Morgan fingerprint density at radius 2 is 1.73 bits per heavy atom. The lowest BCUT2D eigenvalue weighted by atomic mass is 10.1. The van der Waals surface area contributed by atoms with Crippen LogP contribution >= 0.6 is 11.6 Å². The maximum absolute atomic E-state index is 12.9. The monoisotopic (exact) mass is 372 g/mol. The molecule has 1 N–H and O–H groups in total. The van der Waals surface area contributed by atoms with E-state index in [1.807, 2.05) is 55.5 Å². The van der Waals surface area contributed by atoms with Crippen LogP contribution in [0.4, 0.5) is 0 Å². The first kappa shape index (κ1) is 20.0. The van der Waals surface area contributed by atoms with Crippen molar-refractivity contribution in [3.8, 4) is 0 Å². The van der Waals surface area contributed by atoms with E-state index in [-0.39, 0.29) is 18.2 Å². The molecule has 138 valence electrons. The fourth-order valence-electron chi connectivity index (χ4n) is 2.80. The van der Waals surface area contributed by atoms with Gasteiger partial charge in [0.15, 0.2) is 0 Å². The zero-order chi connectivity index (χ0) is 18.9. The van der Waals surface area contributed by atoms with E-state index in [2.05, 4.69) is 5.32 Å².